The summed E-state index contributed by atoms with van der Waals surface area (Å²) in [4.78, 5) is 12.7. The van der Waals surface area contributed by atoms with Crippen LogP contribution >= 0.6 is 11.8 Å². The van der Waals surface area contributed by atoms with E-state index in [4.69, 9.17) is 4.42 Å². The van der Waals surface area contributed by atoms with Crippen molar-refractivity contribution in [3.63, 3.8) is 0 Å². The molecule has 0 spiro atoms. The van der Waals surface area contributed by atoms with Crippen molar-refractivity contribution in [1.82, 2.24) is 5.32 Å². The number of amides is 1. The zero-order valence-electron chi connectivity index (χ0n) is 14.1. The molecule has 0 bridgehead atoms. The molecule has 1 aromatic heterocycles. The highest BCUT2D eigenvalue weighted by Crippen LogP contribution is 2.24. The van der Waals surface area contributed by atoms with Gasteiger partial charge in [-0.3, -0.25) is 4.79 Å². The highest BCUT2D eigenvalue weighted by molar-refractivity contribution is 7.99. The molecule has 3 nitrogen and oxygen atoms in total. The van der Waals surface area contributed by atoms with Crippen LogP contribution in [0.5, 0.6) is 0 Å². The average Bonchev–Trinajstić information content (AvgIpc) is 3.19. The number of rotatable bonds is 7. The van der Waals surface area contributed by atoms with E-state index in [1.165, 1.54) is 0 Å². The molecular weight excluding hydrogens is 330 g/mol. The standard InChI is InChI=1S/C21H21NO2S/c1-16(25-15-19-13-8-14-24-19)21(23)22-20(17-9-4-2-5-10-17)18-11-6-3-7-12-18/h2-14,16,20H,15H2,1H3,(H,22,23). The predicted molar refractivity (Wildman–Crippen MR) is 102 cm³/mol. The molecule has 3 rings (SSSR count). The molecule has 1 amide bonds. The molecule has 128 valence electrons. The lowest BCUT2D eigenvalue weighted by molar-refractivity contribution is -0.120. The lowest BCUT2D eigenvalue weighted by Crippen LogP contribution is -2.35. The van der Waals surface area contributed by atoms with Crippen LogP contribution in [0.4, 0.5) is 0 Å². The van der Waals surface area contributed by atoms with Gasteiger partial charge in [0.25, 0.3) is 0 Å². The molecule has 0 aliphatic heterocycles. The molecule has 0 fully saturated rings. The van der Waals surface area contributed by atoms with E-state index in [1.807, 2.05) is 79.7 Å². The summed E-state index contributed by atoms with van der Waals surface area (Å²) in [5, 5.41) is 3.02. The molecule has 0 saturated carbocycles. The van der Waals surface area contributed by atoms with Crippen LogP contribution < -0.4 is 5.32 Å². The van der Waals surface area contributed by atoms with Crippen LogP contribution in [0.15, 0.2) is 83.5 Å². The van der Waals surface area contributed by atoms with Crippen LogP contribution in [-0.4, -0.2) is 11.2 Å². The first kappa shape index (κ1) is 17.4. The van der Waals surface area contributed by atoms with E-state index in [1.54, 1.807) is 18.0 Å². The molecule has 0 radical (unpaired) electrons. The second-order valence-corrected chi connectivity index (χ2v) is 7.12. The number of carbonyl (C=O) groups is 1. The minimum atomic E-state index is -0.167. The van der Waals surface area contributed by atoms with Gasteiger partial charge in [0.05, 0.1) is 23.3 Å². The van der Waals surface area contributed by atoms with E-state index in [0.29, 0.717) is 5.75 Å². The highest BCUT2D eigenvalue weighted by Gasteiger charge is 2.21. The molecule has 2 aromatic carbocycles. The molecule has 25 heavy (non-hydrogen) atoms. The minimum absolute atomic E-state index is 0.0225. The number of furan rings is 1. The van der Waals surface area contributed by atoms with Crippen molar-refractivity contribution in [2.75, 3.05) is 0 Å². The van der Waals surface area contributed by atoms with E-state index in [9.17, 15) is 4.79 Å². The Morgan fingerprint density at radius 1 is 0.960 bits per heavy atom. The van der Waals surface area contributed by atoms with Gasteiger partial charge in [-0.05, 0) is 30.2 Å². The zero-order valence-corrected chi connectivity index (χ0v) is 14.9. The summed E-state index contributed by atoms with van der Waals surface area (Å²) >= 11 is 1.57. The molecule has 1 unspecified atom stereocenters. The van der Waals surface area contributed by atoms with Crippen molar-refractivity contribution >= 4 is 17.7 Å². The van der Waals surface area contributed by atoms with Crippen molar-refractivity contribution in [3.8, 4) is 0 Å². The van der Waals surface area contributed by atoms with Crippen LogP contribution in [0.25, 0.3) is 0 Å². The number of hydrogen-bond donors (Lipinski definition) is 1. The lowest BCUT2D eigenvalue weighted by atomic mass is 9.98. The van der Waals surface area contributed by atoms with Gasteiger partial charge in [0.1, 0.15) is 5.76 Å². The topological polar surface area (TPSA) is 42.2 Å². The Bertz CT molecular complexity index is 733. The zero-order chi connectivity index (χ0) is 17.5. The quantitative estimate of drug-likeness (QED) is 0.664. The predicted octanol–water partition coefficient (Wildman–Crippen LogP) is 4.81. The third-order valence-electron chi connectivity index (χ3n) is 3.98. The van der Waals surface area contributed by atoms with E-state index in [2.05, 4.69) is 5.32 Å². The van der Waals surface area contributed by atoms with Crippen molar-refractivity contribution in [2.45, 2.75) is 24.0 Å². The van der Waals surface area contributed by atoms with Gasteiger partial charge >= 0.3 is 0 Å². The molecule has 3 aromatic rings. The fraction of sp³-hybridized carbons (Fsp3) is 0.190. The van der Waals surface area contributed by atoms with E-state index < -0.39 is 0 Å². The van der Waals surface area contributed by atoms with Crippen LogP contribution in [0.1, 0.15) is 29.9 Å². The Kier molecular flexibility index (Phi) is 5.96. The summed E-state index contributed by atoms with van der Waals surface area (Å²) in [7, 11) is 0. The van der Waals surface area contributed by atoms with Crippen LogP contribution in [0.3, 0.4) is 0 Å². The minimum Gasteiger partial charge on any atom is -0.468 e. The third kappa shape index (κ3) is 4.77. The van der Waals surface area contributed by atoms with Crippen molar-refractivity contribution in [2.24, 2.45) is 0 Å². The van der Waals surface area contributed by atoms with Gasteiger partial charge in [-0.2, -0.15) is 0 Å². The second kappa shape index (κ2) is 8.58. The average molecular weight is 351 g/mol. The fourth-order valence-corrected chi connectivity index (χ4v) is 3.39. The summed E-state index contributed by atoms with van der Waals surface area (Å²) < 4.78 is 5.33. The number of carbonyl (C=O) groups excluding carboxylic acids is 1. The molecule has 1 N–H and O–H groups in total. The first-order valence-electron chi connectivity index (χ1n) is 8.28. The first-order valence-corrected chi connectivity index (χ1v) is 9.33. The fourth-order valence-electron chi connectivity index (χ4n) is 2.59. The summed E-state index contributed by atoms with van der Waals surface area (Å²) in [6, 6.07) is 23.7. The van der Waals surface area contributed by atoms with Crippen molar-refractivity contribution < 1.29 is 9.21 Å². The summed E-state index contributed by atoms with van der Waals surface area (Å²) in [6.07, 6.45) is 1.65. The molecule has 1 atom stereocenters. The van der Waals surface area contributed by atoms with Gasteiger partial charge in [0.2, 0.25) is 5.91 Å². The molecule has 4 heteroatoms. The monoisotopic (exact) mass is 351 g/mol. The number of thioether (sulfide) groups is 1. The van der Waals surface area contributed by atoms with Crippen LogP contribution in [0.2, 0.25) is 0 Å². The van der Waals surface area contributed by atoms with Gasteiger partial charge < -0.3 is 9.73 Å². The molecule has 1 heterocycles. The highest BCUT2D eigenvalue weighted by atomic mass is 32.2. The molecule has 0 aliphatic rings. The van der Waals surface area contributed by atoms with E-state index >= 15 is 0 Å². The number of nitrogens with one attached hydrogen (secondary N) is 1. The van der Waals surface area contributed by atoms with E-state index in [-0.39, 0.29) is 17.2 Å². The SMILES string of the molecule is CC(SCc1ccco1)C(=O)NC(c1ccccc1)c1ccccc1. The van der Waals surface area contributed by atoms with Crippen molar-refractivity contribution in [1.29, 1.82) is 0 Å². The first-order chi connectivity index (χ1) is 12.2. The third-order valence-corrected chi connectivity index (χ3v) is 5.14. The van der Waals surface area contributed by atoms with Gasteiger partial charge in [-0.15, -0.1) is 11.8 Å². The van der Waals surface area contributed by atoms with Gasteiger partial charge in [-0.25, -0.2) is 0 Å². The maximum atomic E-state index is 12.7. The van der Waals surface area contributed by atoms with E-state index in [0.717, 1.165) is 16.9 Å². The maximum Gasteiger partial charge on any atom is 0.233 e. The second-order valence-electron chi connectivity index (χ2n) is 5.80. The lowest BCUT2D eigenvalue weighted by Gasteiger charge is -2.22. The Labute approximate surface area is 152 Å². The molecule has 0 aliphatic carbocycles. The molecule has 0 saturated heterocycles. The summed E-state index contributed by atoms with van der Waals surface area (Å²) in [6.45, 7) is 1.93. The van der Waals surface area contributed by atoms with Gasteiger partial charge in [-0.1, -0.05) is 60.7 Å². The Morgan fingerprint density at radius 3 is 2.08 bits per heavy atom. The Balaban J connectivity index is 1.70. The largest absolute Gasteiger partial charge is 0.468 e. The molecular formula is C21H21NO2S. The van der Waals surface area contributed by atoms with Crippen LogP contribution in [-0.2, 0) is 10.5 Å². The maximum absolute atomic E-state index is 12.7. The smallest absolute Gasteiger partial charge is 0.233 e. The van der Waals surface area contributed by atoms with Crippen molar-refractivity contribution in [3.05, 3.63) is 95.9 Å². The van der Waals surface area contributed by atoms with Gasteiger partial charge in [0.15, 0.2) is 0 Å². The van der Waals surface area contributed by atoms with Gasteiger partial charge in [0, 0.05) is 0 Å². The Morgan fingerprint density at radius 2 is 1.56 bits per heavy atom. The normalized spacial score (nSPS) is 12.1. The number of hydrogen-bond acceptors (Lipinski definition) is 3. The summed E-state index contributed by atoms with van der Waals surface area (Å²) in [5.41, 5.74) is 2.15. The van der Waals surface area contributed by atoms with Crippen LogP contribution in [0, 0.1) is 0 Å². The number of benzene rings is 2. The summed E-state index contributed by atoms with van der Waals surface area (Å²) in [5.74, 6) is 1.59. The Hall–Kier alpha value is -2.46.